The number of nitrogens with zero attached hydrogens (tertiary/aromatic N) is 3. The van der Waals surface area contributed by atoms with Crippen molar-refractivity contribution in [3.05, 3.63) is 11.3 Å². The molecule has 1 heterocycles. The molecule has 0 saturated carbocycles. The molecule has 1 rings (SSSR count). The molecule has 0 amide bonds. The van der Waals surface area contributed by atoms with Gasteiger partial charge in [0.05, 0.1) is 12.3 Å². The van der Waals surface area contributed by atoms with Crippen LogP contribution in [-0.4, -0.2) is 54.3 Å². The van der Waals surface area contributed by atoms with Crippen LogP contribution in [0.25, 0.3) is 0 Å². The Morgan fingerprint density at radius 2 is 2.14 bits per heavy atom. The number of aliphatic hydroxyl groups is 1. The minimum atomic E-state index is 0.210. The summed E-state index contributed by atoms with van der Waals surface area (Å²) in [5.41, 5.74) is 2.27. The number of methoxy groups -OCH3 is 1. The first kappa shape index (κ1) is 17.9. The zero-order valence-corrected chi connectivity index (χ0v) is 14.0. The van der Waals surface area contributed by atoms with E-state index in [1.165, 1.54) is 5.56 Å². The maximum Gasteiger partial charge on any atom is 0.131 e. The molecule has 1 aromatic heterocycles. The Bertz CT molecular complexity index is 418. The number of aliphatic hydroxyl groups excluding tert-OH is 1. The predicted octanol–water partition coefficient (Wildman–Crippen LogP) is 1.06. The van der Waals surface area contributed by atoms with E-state index >= 15 is 0 Å². The number of anilines is 1. The van der Waals surface area contributed by atoms with E-state index in [1.807, 2.05) is 18.7 Å². The standard InChI is InChI=1S/C15H30N4O2/c1-12(2)19(8-6-9-20)15-14(11-16-7-10-21-5)13(3)17-18(15)4/h12,16,20H,6-11H2,1-5H3. The van der Waals surface area contributed by atoms with Crippen LogP contribution in [0.3, 0.4) is 0 Å². The van der Waals surface area contributed by atoms with Crippen molar-refractivity contribution in [1.82, 2.24) is 15.1 Å². The van der Waals surface area contributed by atoms with Crippen molar-refractivity contribution < 1.29 is 9.84 Å². The summed E-state index contributed by atoms with van der Waals surface area (Å²) >= 11 is 0. The quantitative estimate of drug-likeness (QED) is 0.633. The second-order valence-electron chi connectivity index (χ2n) is 5.55. The second kappa shape index (κ2) is 9.02. The molecule has 1 aromatic rings. The van der Waals surface area contributed by atoms with E-state index in [2.05, 4.69) is 29.2 Å². The zero-order chi connectivity index (χ0) is 15.8. The number of aromatic nitrogens is 2. The molecular formula is C15H30N4O2. The van der Waals surface area contributed by atoms with Crippen LogP contribution >= 0.6 is 0 Å². The molecule has 122 valence electrons. The molecule has 6 nitrogen and oxygen atoms in total. The summed E-state index contributed by atoms with van der Waals surface area (Å²) in [6.45, 7) is 9.72. The van der Waals surface area contributed by atoms with Gasteiger partial charge in [-0.3, -0.25) is 4.68 Å². The molecule has 0 fully saturated rings. The molecule has 0 unspecified atom stereocenters. The third-order valence-electron chi connectivity index (χ3n) is 3.55. The summed E-state index contributed by atoms with van der Waals surface area (Å²) in [6.07, 6.45) is 0.763. The summed E-state index contributed by atoms with van der Waals surface area (Å²) in [4.78, 5) is 2.31. The topological polar surface area (TPSA) is 62.5 Å². The summed E-state index contributed by atoms with van der Waals surface area (Å²) in [5.74, 6) is 1.14. The number of rotatable bonds is 10. The van der Waals surface area contributed by atoms with E-state index in [1.54, 1.807) is 7.11 Å². The number of aryl methyl sites for hydroxylation is 2. The Labute approximate surface area is 128 Å². The van der Waals surface area contributed by atoms with Gasteiger partial charge >= 0.3 is 0 Å². The van der Waals surface area contributed by atoms with Crippen molar-refractivity contribution >= 4 is 5.82 Å². The van der Waals surface area contributed by atoms with Crippen molar-refractivity contribution in [1.29, 1.82) is 0 Å². The number of nitrogens with one attached hydrogen (secondary N) is 1. The van der Waals surface area contributed by atoms with Gasteiger partial charge in [0.1, 0.15) is 5.82 Å². The number of hydrogen-bond donors (Lipinski definition) is 2. The van der Waals surface area contributed by atoms with Gasteiger partial charge in [-0.25, -0.2) is 0 Å². The summed E-state index contributed by atoms with van der Waals surface area (Å²) in [7, 11) is 3.69. The molecule has 0 atom stereocenters. The number of hydrogen-bond acceptors (Lipinski definition) is 5. The lowest BCUT2D eigenvalue weighted by Crippen LogP contribution is -2.35. The first-order chi connectivity index (χ1) is 10.0. The zero-order valence-electron chi connectivity index (χ0n) is 14.0. The maximum atomic E-state index is 9.11. The van der Waals surface area contributed by atoms with Crippen LogP contribution in [0.5, 0.6) is 0 Å². The van der Waals surface area contributed by atoms with E-state index in [9.17, 15) is 0 Å². The average Bonchev–Trinajstić information content (AvgIpc) is 2.70. The fourth-order valence-electron chi connectivity index (χ4n) is 2.49. The molecular weight excluding hydrogens is 268 g/mol. The van der Waals surface area contributed by atoms with Crippen molar-refractivity contribution in [2.75, 3.05) is 38.3 Å². The molecule has 0 aliphatic rings. The molecule has 0 radical (unpaired) electrons. The highest BCUT2D eigenvalue weighted by Crippen LogP contribution is 2.25. The minimum absolute atomic E-state index is 0.210. The smallest absolute Gasteiger partial charge is 0.131 e. The Kier molecular flexibility index (Phi) is 7.71. The molecule has 0 aromatic carbocycles. The van der Waals surface area contributed by atoms with Crippen LogP contribution in [0, 0.1) is 6.92 Å². The molecule has 0 aliphatic carbocycles. The van der Waals surface area contributed by atoms with Crippen LogP contribution in [0.2, 0.25) is 0 Å². The normalized spacial score (nSPS) is 11.4. The van der Waals surface area contributed by atoms with E-state index in [-0.39, 0.29) is 6.61 Å². The Hall–Kier alpha value is -1.11. The first-order valence-corrected chi connectivity index (χ1v) is 7.62. The highest BCUT2D eigenvalue weighted by Gasteiger charge is 2.20. The fraction of sp³-hybridized carbons (Fsp3) is 0.800. The van der Waals surface area contributed by atoms with E-state index < -0.39 is 0 Å². The summed E-state index contributed by atoms with van der Waals surface area (Å²) in [6, 6.07) is 0.365. The lowest BCUT2D eigenvalue weighted by Gasteiger charge is -2.30. The lowest BCUT2D eigenvalue weighted by molar-refractivity contribution is 0.199. The van der Waals surface area contributed by atoms with Crippen molar-refractivity contribution in [2.24, 2.45) is 7.05 Å². The molecule has 6 heteroatoms. The monoisotopic (exact) mass is 298 g/mol. The second-order valence-corrected chi connectivity index (χ2v) is 5.55. The molecule has 2 N–H and O–H groups in total. The molecule has 0 spiro atoms. The van der Waals surface area contributed by atoms with Crippen LogP contribution < -0.4 is 10.2 Å². The SMILES string of the molecule is COCCNCc1c(C)nn(C)c1N(CCCO)C(C)C. The third-order valence-corrected chi connectivity index (χ3v) is 3.55. The van der Waals surface area contributed by atoms with Crippen LogP contribution in [0.1, 0.15) is 31.5 Å². The van der Waals surface area contributed by atoms with Gasteiger partial charge < -0.3 is 20.1 Å². The van der Waals surface area contributed by atoms with Crippen LogP contribution in [0.4, 0.5) is 5.82 Å². The molecule has 21 heavy (non-hydrogen) atoms. The van der Waals surface area contributed by atoms with Gasteiger partial charge in [0, 0.05) is 52.0 Å². The van der Waals surface area contributed by atoms with Gasteiger partial charge in [0.15, 0.2) is 0 Å². The highest BCUT2D eigenvalue weighted by atomic mass is 16.5. The molecule has 0 saturated heterocycles. The third kappa shape index (κ3) is 4.98. The van der Waals surface area contributed by atoms with Gasteiger partial charge in [0.2, 0.25) is 0 Å². The Morgan fingerprint density at radius 1 is 1.43 bits per heavy atom. The van der Waals surface area contributed by atoms with Crippen molar-refractivity contribution in [3.8, 4) is 0 Å². The van der Waals surface area contributed by atoms with Gasteiger partial charge in [-0.15, -0.1) is 0 Å². The van der Waals surface area contributed by atoms with E-state index in [4.69, 9.17) is 9.84 Å². The van der Waals surface area contributed by atoms with Crippen molar-refractivity contribution in [2.45, 2.75) is 39.8 Å². The first-order valence-electron chi connectivity index (χ1n) is 7.62. The van der Waals surface area contributed by atoms with Gasteiger partial charge in [-0.2, -0.15) is 5.10 Å². The summed E-state index contributed by atoms with van der Waals surface area (Å²) < 4.78 is 7.01. The Morgan fingerprint density at radius 3 is 2.71 bits per heavy atom. The van der Waals surface area contributed by atoms with Gasteiger partial charge in [-0.05, 0) is 27.2 Å². The molecule has 0 aliphatic heterocycles. The van der Waals surface area contributed by atoms with E-state index in [0.717, 1.165) is 37.6 Å². The highest BCUT2D eigenvalue weighted by molar-refractivity contribution is 5.50. The summed E-state index contributed by atoms with van der Waals surface area (Å²) in [5, 5.41) is 17.1. The van der Waals surface area contributed by atoms with E-state index in [0.29, 0.717) is 12.6 Å². The van der Waals surface area contributed by atoms with Gasteiger partial charge in [0.25, 0.3) is 0 Å². The Balaban J connectivity index is 2.91. The predicted molar refractivity (Wildman–Crippen MR) is 85.7 cm³/mol. The lowest BCUT2D eigenvalue weighted by atomic mass is 10.2. The van der Waals surface area contributed by atoms with Crippen LogP contribution in [0.15, 0.2) is 0 Å². The maximum absolute atomic E-state index is 9.11. The molecule has 0 bridgehead atoms. The van der Waals surface area contributed by atoms with Crippen molar-refractivity contribution in [3.63, 3.8) is 0 Å². The van der Waals surface area contributed by atoms with Crippen LogP contribution in [-0.2, 0) is 18.3 Å². The van der Waals surface area contributed by atoms with Gasteiger partial charge in [-0.1, -0.05) is 0 Å². The minimum Gasteiger partial charge on any atom is -0.396 e. The fourth-order valence-corrected chi connectivity index (χ4v) is 2.49. The largest absolute Gasteiger partial charge is 0.396 e. The number of ether oxygens (including phenoxy) is 1. The average molecular weight is 298 g/mol.